The largest absolute Gasteiger partial charge is 0.478 e. The summed E-state index contributed by atoms with van der Waals surface area (Å²) in [6.45, 7) is 1.75. The molecule has 1 saturated heterocycles. The van der Waals surface area contributed by atoms with Crippen LogP contribution in [0.25, 0.3) is 0 Å². The lowest BCUT2D eigenvalue weighted by atomic mass is 10.1. The molecule has 0 aromatic heterocycles. The van der Waals surface area contributed by atoms with E-state index in [0.29, 0.717) is 17.3 Å². The highest BCUT2D eigenvalue weighted by Gasteiger charge is 2.19. The van der Waals surface area contributed by atoms with E-state index in [2.05, 4.69) is 5.32 Å². The van der Waals surface area contributed by atoms with Gasteiger partial charge in [0.15, 0.2) is 0 Å². The lowest BCUT2D eigenvalue weighted by Crippen LogP contribution is -2.45. The van der Waals surface area contributed by atoms with E-state index in [9.17, 15) is 9.59 Å². The van der Waals surface area contributed by atoms with Gasteiger partial charge in [-0.25, -0.2) is 4.79 Å². The summed E-state index contributed by atoms with van der Waals surface area (Å²) in [6.07, 6.45) is 1.95. The van der Waals surface area contributed by atoms with Crippen molar-refractivity contribution in [1.29, 1.82) is 0 Å². The summed E-state index contributed by atoms with van der Waals surface area (Å²) < 4.78 is 0. The predicted octanol–water partition coefficient (Wildman–Crippen LogP) is 1.40. The number of amides is 1. The van der Waals surface area contributed by atoms with Crippen LogP contribution >= 0.6 is 11.6 Å². The first kappa shape index (κ1) is 15.8. The van der Waals surface area contributed by atoms with Gasteiger partial charge in [0.1, 0.15) is 0 Å². The van der Waals surface area contributed by atoms with E-state index < -0.39 is 5.97 Å². The number of carboxylic acids is 1. The number of carbonyl (C=O) groups is 2. The lowest BCUT2D eigenvalue weighted by molar-refractivity contribution is -0.117. The van der Waals surface area contributed by atoms with Gasteiger partial charge in [0, 0.05) is 12.6 Å². The topological polar surface area (TPSA) is 95.7 Å². The maximum atomic E-state index is 12.0. The fraction of sp³-hybridized carbons (Fsp3) is 0.429. The quantitative estimate of drug-likeness (QED) is 0.781. The number of hydrogen-bond acceptors (Lipinski definition) is 4. The van der Waals surface area contributed by atoms with E-state index >= 15 is 0 Å². The van der Waals surface area contributed by atoms with Gasteiger partial charge in [-0.3, -0.25) is 9.69 Å². The Hall–Kier alpha value is -1.63. The van der Waals surface area contributed by atoms with E-state index in [1.165, 1.54) is 18.2 Å². The van der Waals surface area contributed by atoms with Crippen molar-refractivity contribution in [3.05, 3.63) is 28.8 Å². The van der Waals surface area contributed by atoms with Crippen LogP contribution in [-0.2, 0) is 4.79 Å². The molecule has 1 aliphatic heterocycles. The van der Waals surface area contributed by atoms with Crippen molar-refractivity contribution in [1.82, 2.24) is 4.90 Å². The van der Waals surface area contributed by atoms with E-state index in [1.54, 1.807) is 0 Å². The summed E-state index contributed by atoms with van der Waals surface area (Å²) in [5.41, 5.74) is 6.26. The Morgan fingerprint density at radius 3 is 2.90 bits per heavy atom. The zero-order valence-electron chi connectivity index (χ0n) is 11.5. The second-order valence-electron chi connectivity index (χ2n) is 5.19. The van der Waals surface area contributed by atoms with Gasteiger partial charge in [0.25, 0.3) is 0 Å². The molecule has 1 unspecified atom stereocenters. The Bertz CT molecular complexity index is 550. The molecule has 2 rings (SSSR count). The van der Waals surface area contributed by atoms with Crippen molar-refractivity contribution in [3.8, 4) is 0 Å². The van der Waals surface area contributed by atoms with Crippen molar-refractivity contribution in [2.24, 2.45) is 5.73 Å². The van der Waals surface area contributed by atoms with Gasteiger partial charge in [-0.2, -0.15) is 0 Å². The number of carbonyl (C=O) groups excluding carboxylic acids is 1. The number of likely N-dealkylation sites (tertiary alicyclic amines) is 1. The Kier molecular flexibility index (Phi) is 5.17. The van der Waals surface area contributed by atoms with Gasteiger partial charge in [-0.1, -0.05) is 11.6 Å². The minimum Gasteiger partial charge on any atom is -0.478 e. The third-order valence-corrected chi connectivity index (χ3v) is 3.73. The monoisotopic (exact) mass is 311 g/mol. The standard InChI is InChI=1S/C14H18ClN3O3/c15-11-4-3-9(14(20)21)6-12(11)17-13(19)8-18-5-1-2-10(16)7-18/h3-4,6,10H,1-2,5,7-8,16H2,(H,17,19)(H,20,21). The molecule has 0 radical (unpaired) electrons. The zero-order chi connectivity index (χ0) is 15.4. The van der Waals surface area contributed by atoms with Crippen molar-refractivity contribution < 1.29 is 14.7 Å². The molecule has 4 N–H and O–H groups in total. The molecule has 1 aromatic rings. The SMILES string of the molecule is NC1CCCN(CC(=O)Nc2cc(C(=O)O)ccc2Cl)C1. The minimum absolute atomic E-state index is 0.0784. The molecule has 1 fully saturated rings. The maximum absolute atomic E-state index is 12.0. The third kappa shape index (κ3) is 4.42. The molecule has 6 nitrogen and oxygen atoms in total. The Morgan fingerprint density at radius 1 is 1.48 bits per heavy atom. The van der Waals surface area contributed by atoms with Gasteiger partial charge >= 0.3 is 5.97 Å². The van der Waals surface area contributed by atoms with E-state index in [0.717, 1.165) is 19.4 Å². The number of nitrogens with one attached hydrogen (secondary N) is 1. The highest BCUT2D eigenvalue weighted by molar-refractivity contribution is 6.33. The molecule has 0 spiro atoms. The predicted molar refractivity (Wildman–Crippen MR) is 80.7 cm³/mol. The summed E-state index contributed by atoms with van der Waals surface area (Å²) in [4.78, 5) is 24.9. The molecule has 1 atom stereocenters. The number of anilines is 1. The second kappa shape index (κ2) is 6.89. The molecule has 1 heterocycles. The number of hydrogen-bond donors (Lipinski definition) is 3. The van der Waals surface area contributed by atoms with Crippen LogP contribution in [0.5, 0.6) is 0 Å². The van der Waals surface area contributed by atoms with Gasteiger partial charge in [0.05, 0.1) is 22.8 Å². The number of halogens is 1. The van der Waals surface area contributed by atoms with Crippen LogP contribution in [0.4, 0.5) is 5.69 Å². The molecule has 7 heteroatoms. The number of carboxylic acid groups (broad SMARTS) is 1. The number of rotatable bonds is 4. The zero-order valence-corrected chi connectivity index (χ0v) is 12.3. The van der Waals surface area contributed by atoms with Crippen LogP contribution in [0.3, 0.4) is 0 Å². The number of nitrogens with zero attached hydrogens (tertiary/aromatic N) is 1. The Morgan fingerprint density at radius 2 is 2.24 bits per heavy atom. The first-order chi connectivity index (χ1) is 9.95. The third-order valence-electron chi connectivity index (χ3n) is 3.40. The molecule has 1 aromatic carbocycles. The molecule has 0 bridgehead atoms. The Balaban J connectivity index is 1.99. The van der Waals surface area contributed by atoms with Gasteiger partial charge in [-0.15, -0.1) is 0 Å². The summed E-state index contributed by atoms with van der Waals surface area (Å²) in [5, 5.41) is 11.9. The molecule has 1 amide bonds. The van der Waals surface area contributed by atoms with Gasteiger partial charge in [0.2, 0.25) is 5.91 Å². The highest BCUT2D eigenvalue weighted by Crippen LogP contribution is 2.23. The van der Waals surface area contributed by atoms with Gasteiger partial charge in [-0.05, 0) is 37.6 Å². The first-order valence-corrected chi connectivity index (χ1v) is 7.14. The molecular formula is C14H18ClN3O3. The van der Waals surface area contributed by atoms with Crippen LogP contribution in [0.2, 0.25) is 5.02 Å². The second-order valence-corrected chi connectivity index (χ2v) is 5.59. The molecular weight excluding hydrogens is 294 g/mol. The van der Waals surface area contributed by atoms with Crippen LogP contribution in [-0.4, -0.2) is 47.6 Å². The van der Waals surface area contributed by atoms with Crippen LogP contribution in [0, 0.1) is 0 Å². The minimum atomic E-state index is -1.07. The summed E-state index contributed by atoms with van der Waals surface area (Å²) in [6, 6.07) is 4.30. The van der Waals surface area contributed by atoms with E-state index in [4.69, 9.17) is 22.4 Å². The number of benzene rings is 1. The van der Waals surface area contributed by atoms with Crippen LogP contribution in [0.15, 0.2) is 18.2 Å². The maximum Gasteiger partial charge on any atom is 0.335 e. The smallest absolute Gasteiger partial charge is 0.335 e. The van der Waals surface area contributed by atoms with Crippen molar-refractivity contribution in [2.75, 3.05) is 25.0 Å². The average molecular weight is 312 g/mol. The summed E-state index contributed by atoms with van der Waals surface area (Å²) >= 11 is 5.97. The van der Waals surface area contributed by atoms with Crippen molar-refractivity contribution in [2.45, 2.75) is 18.9 Å². The Labute approximate surface area is 127 Å². The van der Waals surface area contributed by atoms with Crippen molar-refractivity contribution >= 4 is 29.2 Å². The van der Waals surface area contributed by atoms with Crippen LogP contribution in [0.1, 0.15) is 23.2 Å². The van der Waals surface area contributed by atoms with E-state index in [1.807, 2.05) is 4.90 Å². The number of aromatic carboxylic acids is 1. The fourth-order valence-corrected chi connectivity index (χ4v) is 2.55. The molecule has 0 aliphatic carbocycles. The number of nitrogens with two attached hydrogens (primary N) is 1. The lowest BCUT2D eigenvalue weighted by Gasteiger charge is -2.29. The first-order valence-electron chi connectivity index (χ1n) is 6.76. The highest BCUT2D eigenvalue weighted by atomic mass is 35.5. The molecule has 114 valence electrons. The summed E-state index contributed by atoms with van der Waals surface area (Å²) in [7, 11) is 0. The average Bonchev–Trinajstić information content (AvgIpc) is 2.41. The van der Waals surface area contributed by atoms with E-state index in [-0.39, 0.29) is 24.1 Å². The summed E-state index contributed by atoms with van der Waals surface area (Å²) in [5.74, 6) is -1.29. The fourth-order valence-electron chi connectivity index (χ4n) is 2.38. The normalized spacial score (nSPS) is 19.2. The molecule has 1 aliphatic rings. The van der Waals surface area contributed by atoms with Gasteiger partial charge < -0.3 is 16.2 Å². The number of piperidine rings is 1. The van der Waals surface area contributed by atoms with Crippen molar-refractivity contribution in [3.63, 3.8) is 0 Å². The van der Waals surface area contributed by atoms with Crippen LogP contribution < -0.4 is 11.1 Å². The molecule has 0 saturated carbocycles. The molecule has 21 heavy (non-hydrogen) atoms.